The van der Waals surface area contributed by atoms with Crippen molar-refractivity contribution in [2.24, 2.45) is 0 Å². The van der Waals surface area contributed by atoms with E-state index in [4.69, 9.17) is 10.3 Å². The largest absolute Gasteiger partial charge is 0.383 e. The number of fused-ring (bicyclic) bond motifs is 3. The third-order valence-electron chi connectivity index (χ3n) is 4.22. The maximum atomic E-state index is 6.17. The van der Waals surface area contributed by atoms with Crippen LogP contribution >= 0.6 is 0 Å². The second kappa shape index (κ2) is 5.38. The molecule has 0 spiro atoms. The van der Waals surface area contributed by atoms with Gasteiger partial charge in [-0.1, -0.05) is 11.2 Å². The fourth-order valence-electron chi connectivity index (χ4n) is 3.04. The molecule has 5 rings (SSSR count). The Bertz CT molecular complexity index is 1230. The Morgan fingerprint density at radius 1 is 1.19 bits per heavy atom. The molecule has 9 heteroatoms. The summed E-state index contributed by atoms with van der Waals surface area (Å²) in [6.07, 6.45) is 3.57. The summed E-state index contributed by atoms with van der Waals surface area (Å²) in [4.78, 5) is 8.75. The molecule has 0 bridgehead atoms. The standard InChI is InChI=1S/C17H14N8O/c1-9-20-15(24-26-9)8-25-7-12-16(23-25)11-3-2-10(13-4-5-19-22-13)6-14(11)21-17(12)18/h2-7H,8H2,1H3,(H2,18,21)(H,19,22). The minimum atomic E-state index is 0.402. The van der Waals surface area contributed by atoms with Crippen LogP contribution in [0.25, 0.3) is 33.1 Å². The molecule has 4 aromatic heterocycles. The van der Waals surface area contributed by atoms with Crippen molar-refractivity contribution in [1.29, 1.82) is 0 Å². The van der Waals surface area contributed by atoms with E-state index in [1.165, 1.54) is 0 Å². The zero-order valence-corrected chi connectivity index (χ0v) is 13.8. The first-order chi connectivity index (χ1) is 12.7. The van der Waals surface area contributed by atoms with Crippen molar-refractivity contribution in [3.05, 3.63) is 48.4 Å². The Balaban J connectivity index is 1.64. The molecule has 26 heavy (non-hydrogen) atoms. The van der Waals surface area contributed by atoms with Gasteiger partial charge in [0.25, 0.3) is 0 Å². The number of anilines is 1. The van der Waals surface area contributed by atoms with Crippen LogP contribution < -0.4 is 5.73 Å². The van der Waals surface area contributed by atoms with Gasteiger partial charge in [-0.2, -0.15) is 15.2 Å². The predicted octanol–water partition coefficient (Wildman–Crippen LogP) is 2.30. The highest BCUT2D eigenvalue weighted by Gasteiger charge is 2.13. The summed E-state index contributed by atoms with van der Waals surface area (Å²) in [6.45, 7) is 2.15. The van der Waals surface area contributed by atoms with Crippen LogP contribution in [0.5, 0.6) is 0 Å². The van der Waals surface area contributed by atoms with E-state index in [0.29, 0.717) is 24.1 Å². The van der Waals surface area contributed by atoms with Crippen LogP contribution in [0.3, 0.4) is 0 Å². The van der Waals surface area contributed by atoms with Crippen molar-refractivity contribution in [1.82, 2.24) is 35.1 Å². The van der Waals surface area contributed by atoms with Gasteiger partial charge in [0.1, 0.15) is 17.9 Å². The molecule has 9 nitrogen and oxygen atoms in total. The van der Waals surface area contributed by atoms with Gasteiger partial charge in [-0.15, -0.1) is 0 Å². The number of nitrogen functional groups attached to an aromatic ring is 1. The van der Waals surface area contributed by atoms with Crippen LogP contribution in [-0.2, 0) is 6.54 Å². The minimum absolute atomic E-state index is 0.402. The molecule has 0 atom stereocenters. The van der Waals surface area contributed by atoms with Crippen LogP contribution in [0.4, 0.5) is 5.82 Å². The predicted molar refractivity (Wildman–Crippen MR) is 95.2 cm³/mol. The van der Waals surface area contributed by atoms with E-state index in [2.05, 4.69) is 30.4 Å². The highest BCUT2D eigenvalue weighted by atomic mass is 16.5. The molecule has 128 valence electrons. The first kappa shape index (κ1) is 14.6. The highest BCUT2D eigenvalue weighted by Crippen LogP contribution is 2.29. The molecule has 0 aliphatic carbocycles. The Hall–Kier alpha value is -3.75. The second-order valence-electron chi connectivity index (χ2n) is 6.02. The zero-order chi connectivity index (χ0) is 17.7. The van der Waals surface area contributed by atoms with Gasteiger partial charge in [0.2, 0.25) is 5.89 Å². The lowest BCUT2D eigenvalue weighted by Crippen LogP contribution is -2.01. The monoisotopic (exact) mass is 346 g/mol. The molecular weight excluding hydrogens is 332 g/mol. The summed E-state index contributed by atoms with van der Waals surface area (Å²) < 4.78 is 6.75. The van der Waals surface area contributed by atoms with Crippen molar-refractivity contribution in [3.63, 3.8) is 0 Å². The Kier molecular flexibility index (Phi) is 3.02. The number of hydrogen-bond acceptors (Lipinski definition) is 7. The number of rotatable bonds is 3. The molecule has 0 fully saturated rings. The van der Waals surface area contributed by atoms with Gasteiger partial charge in [-0.25, -0.2) is 4.98 Å². The lowest BCUT2D eigenvalue weighted by atomic mass is 10.1. The van der Waals surface area contributed by atoms with Crippen molar-refractivity contribution < 1.29 is 4.52 Å². The first-order valence-electron chi connectivity index (χ1n) is 8.03. The molecule has 0 saturated carbocycles. The van der Waals surface area contributed by atoms with Crippen molar-refractivity contribution in [2.75, 3.05) is 5.73 Å². The van der Waals surface area contributed by atoms with Crippen LogP contribution in [0, 0.1) is 6.92 Å². The number of aromatic amines is 1. The van der Waals surface area contributed by atoms with Gasteiger partial charge in [-0.05, 0) is 18.2 Å². The first-order valence-corrected chi connectivity index (χ1v) is 8.03. The van der Waals surface area contributed by atoms with Crippen LogP contribution in [-0.4, -0.2) is 35.1 Å². The van der Waals surface area contributed by atoms with Crippen molar-refractivity contribution in [2.45, 2.75) is 13.5 Å². The number of H-pyrrole nitrogens is 1. The second-order valence-corrected chi connectivity index (χ2v) is 6.02. The normalized spacial score (nSPS) is 11.6. The molecule has 0 saturated heterocycles. The molecule has 0 aliphatic heterocycles. The SMILES string of the molecule is Cc1nc(Cn2cc3c(N)nc4cc(-c5ccn[nH]5)ccc4c3n2)no1. The number of aryl methyl sites for hydroxylation is 1. The Morgan fingerprint density at radius 2 is 2.12 bits per heavy atom. The van der Waals surface area contributed by atoms with Gasteiger partial charge in [0, 0.05) is 30.3 Å². The fraction of sp³-hybridized carbons (Fsp3) is 0.118. The van der Waals surface area contributed by atoms with Gasteiger partial charge < -0.3 is 10.3 Å². The van der Waals surface area contributed by atoms with Gasteiger partial charge in [-0.3, -0.25) is 9.78 Å². The third-order valence-corrected chi connectivity index (χ3v) is 4.22. The number of hydrogen-bond donors (Lipinski definition) is 2. The summed E-state index contributed by atoms with van der Waals surface area (Å²) >= 11 is 0. The van der Waals surface area contributed by atoms with Gasteiger partial charge >= 0.3 is 0 Å². The van der Waals surface area contributed by atoms with E-state index >= 15 is 0 Å². The molecule has 0 radical (unpaired) electrons. The van der Waals surface area contributed by atoms with E-state index in [1.807, 2.05) is 30.5 Å². The maximum absolute atomic E-state index is 6.17. The smallest absolute Gasteiger partial charge is 0.223 e. The highest BCUT2D eigenvalue weighted by molar-refractivity contribution is 6.08. The van der Waals surface area contributed by atoms with E-state index in [1.54, 1.807) is 17.8 Å². The van der Waals surface area contributed by atoms with E-state index in [0.717, 1.165) is 33.1 Å². The lowest BCUT2D eigenvalue weighted by molar-refractivity contribution is 0.385. The summed E-state index contributed by atoms with van der Waals surface area (Å²) in [7, 11) is 0. The van der Waals surface area contributed by atoms with E-state index < -0.39 is 0 Å². The lowest BCUT2D eigenvalue weighted by Gasteiger charge is -2.03. The van der Waals surface area contributed by atoms with Crippen LogP contribution in [0.1, 0.15) is 11.7 Å². The third kappa shape index (κ3) is 2.29. The molecule has 4 heterocycles. The summed E-state index contributed by atoms with van der Waals surface area (Å²) in [6, 6.07) is 7.88. The summed E-state index contributed by atoms with van der Waals surface area (Å²) in [5.41, 5.74) is 9.65. The van der Waals surface area contributed by atoms with Crippen molar-refractivity contribution in [3.8, 4) is 11.3 Å². The maximum Gasteiger partial charge on any atom is 0.223 e. The fourth-order valence-corrected chi connectivity index (χ4v) is 3.04. The molecule has 1 aromatic carbocycles. The summed E-state index contributed by atoms with van der Waals surface area (Å²) in [5.74, 6) is 1.52. The molecule has 0 amide bonds. The average molecular weight is 346 g/mol. The van der Waals surface area contributed by atoms with Crippen LogP contribution in [0.15, 0.2) is 41.2 Å². The number of nitrogens with one attached hydrogen (secondary N) is 1. The molecule has 5 aromatic rings. The average Bonchev–Trinajstić information content (AvgIpc) is 3.36. The van der Waals surface area contributed by atoms with Gasteiger partial charge in [0.05, 0.1) is 16.6 Å². The van der Waals surface area contributed by atoms with Gasteiger partial charge in [0.15, 0.2) is 5.82 Å². The number of aromatic nitrogens is 7. The Labute approximate surface area is 146 Å². The van der Waals surface area contributed by atoms with Crippen LogP contribution in [0.2, 0.25) is 0 Å². The number of nitrogens with two attached hydrogens (primary N) is 1. The zero-order valence-electron chi connectivity index (χ0n) is 13.8. The Morgan fingerprint density at radius 3 is 2.88 bits per heavy atom. The molecular formula is C17H14N8O. The molecule has 0 unspecified atom stereocenters. The van der Waals surface area contributed by atoms with E-state index in [9.17, 15) is 0 Å². The molecule has 0 aliphatic rings. The topological polar surface area (TPSA) is 124 Å². The quantitative estimate of drug-likeness (QED) is 0.513. The number of nitrogens with zero attached hydrogens (tertiary/aromatic N) is 6. The number of benzene rings is 1. The summed E-state index contributed by atoms with van der Waals surface area (Å²) in [5, 5.41) is 17.2. The molecule has 3 N–H and O–H groups in total. The van der Waals surface area contributed by atoms with E-state index in [-0.39, 0.29) is 0 Å². The minimum Gasteiger partial charge on any atom is -0.383 e. The number of pyridine rings is 1. The van der Waals surface area contributed by atoms with Crippen molar-refractivity contribution >= 4 is 27.6 Å².